The highest BCUT2D eigenvalue weighted by atomic mass is 16.5. The molecule has 2 aromatic carbocycles. The monoisotopic (exact) mass is 346 g/mol. The number of H-pyrrole nitrogens is 1. The molecule has 0 aliphatic carbocycles. The fourth-order valence-electron chi connectivity index (χ4n) is 2.86. The van der Waals surface area contributed by atoms with Gasteiger partial charge in [0.2, 0.25) is 0 Å². The van der Waals surface area contributed by atoms with Gasteiger partial charge in [0.05, 0.1) is 19.8 Å². The SMILES string of the molecule is COc1ccc(OC)c(-c2cc(-c3ccc(C)cc3)c(C#N)c(N)[nH+]2)c1. The molecule has 0 bridgehead atoms. The molecule has 5 heteroatoms. The van der Waals surface area contributed by atoms with Crippen molar-refractivity contribution in [3.8, 4) is 40.0 Å². The zero-order valence-electron chi connectivity index (χ0n) is 15.0. The average Bonchev–Trinajstić information content (AvgIpc) is 2.67. The predicted molar refractivity (Wildman–Crippen MR) is 101 cm³/mol. The van der Waals surface area contributed by atoms with E-state index in [2.05, 4.69) is 11.1 Å². The molecule has 26 heavy (non-hydrogen) atoms. The number of aryl methyl sites for hydroxylation is 1. The first kappa shape index (κ1) is 17.3. The largest absolute Gasteiger partial charge is 0.497 e. The highest BCUT2D eigenvalue weighted by molar-refractivity contribution is 5.79. The summed E-state index contributed by atoms with van der Waals surface area (Å²) in [5, 5.41) is 9.56. The molecular weight excluding hydrogens is 326 g/mol. The Labute approximate surface area is 152 Å². The minimum absolute atomic E-state index is 0.311. The fourth-order valence-corrected chi connectivity index (χ4v) is 2.86. The number of methoxy groups -OCH3 is 2. The molecule has 5 nitrogen and oxygen atoms in total. The molecule has 1 aromatic heterocycles. The van der Waals surface area contributed by atoms with E-state index in [1.165, 1.54) is 0 Å². The summed E-state index contributed by atoms with van der Waals surface area (Å²) in [6, 6.07) is 17.6. The highest BCUT2D eigenvalue weighted by Gasteiger charge is 2.19. The van der Waals surface area contributed by atoms with Crippen LogP contribution >= 0.6 is 0 Å². The lowest BCUT2D eigenvalue weighted by Crippen LogP contribution is -2.16. The number of ether oxygens (including phenoxy) is 2. The van der Waals surface area contributed by atoms with Gasteiger partial charge in [0.1, 0.15) is 28.8 Å². The summed E-state index contributed by atoms with van der Waals surface area (Å²) in [5.74, 6) is 1.69. The summed E-state index contributed by atoms with van der Waals surface area (Å²) < 4.78 is 10.8. The third-order valence-corrected chi connectivity index (χ3v) is 4.27. The van der Waals surface area contributed by atoms with E-state index in [4.69, 9.17) is 15.2 Å². The minimum Gasteiger partial charge on any atom is -0.497 e. The molecule has 3 rings (SSSR count). The summed E-state index contributed by atoms with van der Waals surface area (Å²) in [5.41, 5.74) is 11.0. The van der Waals surface area contributed by atoms with E-state index >= 15 is 0 Å². The predicted octanol–water partition coefficient (Wildman–Crippen LogP) is 3.61. The van der Waals surface area contributed by atoms with Crippen LogP contribution < -0.4 is 20.2 Å². The third kappa shape index (κ3) is 3.17. The average molecular weight is 346 g/mol. The second-order valence-electron chi connectivity index (χ2n) is 5.93. The smallest absolute Gasteiger partial charge is 0.289 e. The van der Waals surface area contributed by atoms with Gasteiger partial charge in [-0.2, -0.15) is 5.26 Å². The van der Waals surface area contributed by atoms with E-state index in [1.54, 1.807) is 14.2 Å². The Balaban J connectivity index is 2.25. The Morgan fingerprint density at radius 3 is 2.31 bits per heavy atom. The molecule has 0 fully saturated rings. The molecule has 0 saturated carbocycles. The summed E-state index contributed by atoms with van der Waals surface area (Å²) in [7, 11) is 3.22. The number of nitrogens with one attached hydrogen (secondary N) is 1. The van der Waals surface area contributed by atoms with Gasteiger partial charge in [-0.15, -0.1) is 0 Å². The molecule has 0 aliphatic rings. The van der Waals surface area contributed by atoms with Crippen LogP contribution in [-0.2, 0) is 0 Å². The summed E-state index contributed by atoms with van der Waals surface area (Å²) in [4.78, 5) is 3.11. The number of nitrogens with two attached hydrogens (primary N) is 1. The molecule has 0 atom stereocenters. The van der Waals surface area contributed by atoms with Crippen molar-refractivity contribution in [1.82, 2.24) is 0 Å². The molecule has 3 N–H and O–H groups in total. The van der Waals surface area contributed by atoms with Crippen LogP contribution in [0.15, 0.2) is 48.5 Å². The van der Waals surface area contributed by atoms with Crippen LogP contribution in [-0.4, -0.2) is 14.2 Å². The van der Waals surface area contributed by atoms with E-state index in [0.717, 1.165) is 27.9 Å². The summed E-state index contributed by atoms with van der Waals surface area (Å²) >= 11 is 0. The number of hydrogen-bond acceptors (Lipinski definition) is 4. The number of benzene rings is 2. The lowest BCUT2D eigenvalue weighted by molar-refractivity contribution is -0.347. The Morgan fingerprint density at radius 1 is 0.962 bits per heavy atom. The van der Waals surface area contributed by atoms with Gasteiger partial charge >= 0.3 is 0 Å². The Kier molecular flexibility index (Phi) is 4.76. The maximum absolute atomic E-state index is 9.56. The number of nitrogen functional groups attached to an aromatic ring is 1. The second kappa shape index (κ2) is 7.16. The van der Waals surface area contributed by atoms with E-state index < -0.39 is 0 Å². The van der Waals surface area contributed by atoms with Crippen LogP contribution in [0.25, 0.3) is 22.4 Å². The van der Waals surface area contributed by atoms with Crippen molar-refractivity contribution in [2.75, 3.05) is 20.0 Å². The second-order valence-corrected chi connectivity index (χ2v) is 5.93. The highest BCUT2D eigenvalue weighted by Crippen LogP contribution is 2.35. The number of anilines is 1. The third-order valence-electron chi connectivity index (χ3n) is 4.27. The van der Waals surface area contributed by atoms with Crippen LogP contribution in [0, 0.1) is 18.3 Å². The van der Waals surface area contributed by atoms with E-state index in [9.17, 15) is 5.26 Å². The first-order valence-electron chi connectivity index (χ1n) is 8.12. The topological polar surface area (TPSA) is 82.4 Å². The summed E-state index contributed by atoms with van der Waals surface area (Å²) in [6.07, 6.45) is 0. The summed E-state index contributed by atoms with van der Waals surface area (Å²) in [6.45, 7) is 2.02. The zero-order valence-corrected chi connectivity index (χ0v) is 15.0. The van der Waals surface area contributed by atoms with Crippen molar-refractivity contribution in [1.29, 1.82) is 5.26 Å². The van der Waals surface area contributed by atoms with Crippen LogP contribution in [0.3, 0.4) is 0 Å². The molecule has 1 heterocycles. The molecule has 0 radical (unpaired) electrons. The first-order valence-corrected chi connectivity index (χ1v) is 8.12. The maximum Gasteiger partial charge on any atom is 0.289 e. The van der Waals surface area contributed by atoms with Gasteiger partial charge in [-0.1, -0.05) is 29.8 Å². The van der Waals surface area contributed by atoms with Gasteiger partial charge in [-0.05, 0) is 36.8 Å². The van der Waals surface area contributed by atoms with Crippen molar-refractivity contribution in [2.24, 2.45) is 0 Å². The van der Waals surface area contributed by atoms with Crippen molar-refractivity contribution in [3.05, 3.63) is 59.7 Å². The number of pyridine rings is 1. The number of nitrogens with zero attached hydrogens (tertiary/aromatic N) is 1. The molecule has 0 spiro atoms. The normalized spacial score (nSPS) is 10.2. The van der Waals surface area contributed by atoms with Crippen LogP contribution in [0.4, 0.5) is 5.82 Å². The zero-order chi connectivity index (χ0) is 18.7. The molecular formula is C21H20N3O2+. The standard InChI is InChI=1S/C21H19N3O2/c1-13-4-6-14(7-5-13)16-11-19(24-21(23)18(16)12-22)17-10-15(25-2)8-9-20(17)26-3/h4-11H,1-3H3,(H2,23,24)/p+1. The maximum atomic E-state index is 9.56. The van der Waals surface area contributed by atoms with Gasteiger partial charge in [0.15, 0.2) is 0 Å². The van der Waals surface area contributed by atoms with Crippen LogP contribution in [0.5, 0.6) is 11.5 Å². The van der Waals surface area contributed by atoms with E-state index in [-0.39, 0.29) is 0 Å². The molecule has 0 saturated heterocycles. The number of nitriles is 1. The van der Waals surface area contributed by atoms with Crippen LogP contribution in [0.2, 0.25) is 0 Å². The Morgan fingerprint density at radius 2 is 1.69 bits per heavy atom. The number of aromatic nitrogens is 1. The number of rotatable bonds is 4. The van der Waals surface area contributed by atoms with Crippen molar-refractivity contribution < 1.29 is 14.5 Å². The van der Waals surface area contributed by atoms with Gasteiger partial charge in [0.25, 0.3) is 5.82 Å². The molecule has 0 aliphatic heterocycles. The first-order chi connectivity index (χ1) is 12.6. The van der Waals surface area contributed by atoms with Gasteiger partial charge in [-0.3, -0.25) is 5.73 Å². The lowest BCUT2D eigenvalue weighted by atomic mass is 9.97. The van der Waals surface area contributed by atoms with Crippen molar-refractivity contribution >= 4 is 5.82 Å². The number of hydrogen-bond donors (Lipinski definition) is 1. The van der Waals surface area contributed by atoms with Gasteiger partial charge < -0.3 is 9.47 Å². The minimum atomic E-state index is 0.311. The van der Waals surface area contributed by atoms with E-state index in [0.29, 0.717) is 22.9 Å². The molecule has 3 aromatic rings. The van der Waals surface area contributed by atoms with Gasteiger partial charge in [0, 0.05) is 5.56 Å². The Bertz CT molecular complexity index is 989. The Hall–Kier alpha value is -3.52. The van der Waals surface area contributed by atoms with Gasteiger partial charge in [-0.25, -0.2) is 4.98 Å². The molecule has 0 amide bonds. The quantitative estimate of drug-likeness (QED) is 0.782. The fraction of sp³-hybridized carbons (Fsp3) is 0.143. The van der Waals surface area contributed by atoms with Crippen LogP contribution in [0.1, 0.15) is 11.1 Å². The van der Waals surface area contributed by atoms with Crippen molar-refractivity contribution in [2.45, 2.75) is 6.92 Å². The van der Waals surface area contributed by atoms with Crippen molar-refractivity contribution in [3.63, 3.8) is 0 Å². The molecule has 0 unspecified atom stereocenters. The number of aromatic amines is 1. The lowest BCUT2D eigenvalue weighted by Gasteiger charge is -2.11. The molecule has 130 valence electrons. The van der Waals surface area contributed by atoms with E-state index in [1.807, 2.05) is 55.5 Å².